The average molecular weight is 235 g/mol. The number of rotatable bonds is 4. The molecule has 0 aromatic heterocycles. The van der Waals surface area contributed by atoms with Gasteiger partial charge in [-0.05, 0) is 30.5 Å². The van der Waals surface area contributed by atoms with Crippen LogP contribution in [0.15, 0.2) is 24.3 Å². The van der Waals surface area contributed by atoms with E-state index >= 15 is 0 Å². The molecule has 0 radical (unpaired) electrons. The topological polar surface area (TPSA) is 42.2 Å². The molecular weight excluding hydrogens is 221 g/mol. The van der Waals surface area contributed by atoms with Gasteiger partial charge < -0.3 is 9.47 Å². The highest BCUT2D eigenvalue weighted by Crippen LogP contribution is 2.19. The van der Waals surface area contributed by atoms with E-state index in [1.165, 1.54) is 12.1 Å². The maximum Gasteiger partial charge on any atom is 0.144 e. The number of nitriles is 1. The van der Waals surface area contributed by atoms with Crippen LogP contribution in [0.5, 0.6) is 0 Å². The van der Waals surface area contributed by atoms with Gasteiger partial charge in [0.25, 0.3) is 0 Å². The molecule has 1 saturated heterocycles. The second-order valence-electron chi connectivity index (χ2n) is 4.09. The molecule has 0 amide bonds. The van der Waals surface area contributed by atoms with E-state index < -0.39 is 0 Å². The molecule has 4 heteroatoms. The fourth-order valence-electron chi connectivity index (χ4n) is 1.81. The van der Waals surface area contributed by atoms with Gasteiger partial charge in [0.05, 0.1) is 25.4 Å². The predicted octanol–water partition coefficient (Wildman–Crippen LogP) is 2.41. The molecule has 17 heavy (non-hydrogen) atoms. The van der Waals surface area contributed by atoms with Crippen LogP contribution in [0.25, 0.3) is 0 Å². The van der Waals surface area contributed by atoms with E-state index in [0.29, 0.717) is 13.2 Å². The Labute approximate surface area is 99.8 Å². The minimum Gasteiger partial charge on any atom is -0.374 e. The van der Waals surface area contributed by atoms with Crippen LogP contribution in [0.3, 0.4) is 0 Å². The van der Waals surface area contributed by atoms with Crippen LogP contribution in [-0.2, 0) is 16.1 Å². The Hall–Kier alpha value is -1.44. The first kappa shape index (κ1) is 12.0. The highest BCUT2D eigenvalue weighted by molar-refractivity contribution is 5.14. The Bertz CT molecular complexity index is 399. The van der Waals surface area contributed by atoms with Gasteiger partial charge in [-0.3, -0.25) is 0 Å². The smallest absolute Gasteiger partial charge is 0.144 e. The quantitative estimate of drug-likeness (QED) is 0.804. The maximum absolute atomic E-state index is 12.6. The van der Waals surface area contributed by atoms with Crippen molar-refractivity contribution in [3.8, 4) is 6.07 Å². The van der Waals surface area contributed by atoms with Gasteiger partial charge in [-0.1, -0.05) is 12.1 Å². The van der Waals surface area contributed by atoms with E-state index in [1.807, 2.05) is 0 Å². The largest absolute Gasteiger partial charge is 0.374 e. The summed E-state index contributed by atoms with van der Waals surface area (Å²) in [6, 6.07) is 8.31. The number of hydrogen-bond acceptors (Lipinski definition) is 3. The zero-order valence-electron chi connectivity index (χ0n) is 9.43. The third kappa shape index (κ3) is 3.52. The lowest BCUT2D eigenvalue weighted by Crippen LogP contribution is -2.16. The Kier molecular flexibility index (Phi) is 4.08. The first-order chi connectivity index (χ1) is 8.28. The van der Waals surface area contributed by atoms with Crippen molar-refractivity contribution >= 4 is 0 Å². The molecule has 2 atom stereocenters. The molecule has 0 bridgehead atoms. The van der Waals surface area contributed by atoms with Crippen molar-refractivity contribution in [2.24, 2.45) is 0 Å². The van der Waals surface area contributed by atoms with Gasteiger partial charge in [-0.15, -0.1) is 0 Å². The van der Waals surface area contributed by atoms with Crippen LogP contribution in [0.1, 0.15) is 18.4 Å². The van der Waals surface area contributed by atoms with Crippen LogP contribution in [-0.4, -0.2) is 18.8 Å². The number of nitrogens with zero attached hydrogens (tertiary/aromatic N) is 1. The molecule has 2 rings (SSSR count). The highest BCUT2D eigenvalue weighted by atomic mass is 19.1. The Morgan fingerprint density at radius 3 is 2.76 bits per heavy atom. The fourth-order valence-corrected chi connectivity index (χ4v) is 1.81. The lowest BCUT2D eigenvalue weighted by atomic mass is 10.2. The zero-order chi connectivity index (χ0) is 12.1. The molecule has 1 fully saturated rings. The Morgan fingerprint density at radius 1 is 1.35 bits per heavy atom. The van der Waals surface area contributed by atoms with E-state index in [4.69, 9.17) is 14.7 Å². The Balaban J connectivity index is 1.70. The lowest BCUT2D eigenvalue weighted by Gasteiger charge is -2.10. The second-order valence-corrected chi connectivity index (χ2v) is 4.09. The van der Waals surface area contributed by atoms with Crippen molar-refractivity contribution in [3.05, 3.63) is 35.6 Å². The standard InChI is InChI=1S/C13H14FNO2/c14-11-3-1-10(2-4-11)8-16-9-13-6-5-12(7-15)17-13/h1-4,12-13H,5-6,8-9H2/t12-,13+/m1/s1. The van der Waals surface area contributed by atoms with Crippen molar-refractivity contribution in [1.29, 1.82) is 5.26 Å². The van der Waals surface area contributed by atoms with E-state index in [-0.39, 0.29) is 18.0 Å². The van der Waals surface area contributed by atoms with Gasteiger partial charge in [0.1, 0.15) is 11.9 Å². The van der Waals surface area contributed by atoms with Crippen LogP contribution >= 0.6 is 0 Å². The molecule has 0 saturated carbocycles. The van der Waals surface area contributed by atoms with Gasteiger partial charge in [-0.25, -0.2) is 4.39 Å². The van der Waals surface area contributed by atoms with Crippen molar-refractivity contribution in [3.63, 3.8) is 0 Å². The molecule has 1 heterocycles. The zero-order valence-corrected chi connectivity index (χ0v) is 9.43. The molecule has 1 aliphatic rings. The number of halogens is 1. The molecule has 3 nitrogen and oxygen atoms in total. The third-order valence-corrected chi connectivity index (χ3v) is 2.74. The summed E-state index contributed by atoms with van der Waals surface area (Å²) in [6.07, 6.45) is 1.37. The van der Waals surface area contributed by atoms with Gasteiger partial charge >= 0.3 is 0 Å². The van der Waals surface area contributed by atoms with Crippen LogP contribution < -0.4 is 0 Å². The summed E-state index contributed by atoms with van der Waals surface area (Å²) < 4.78 is 23.5. The van der Waals surface area contributed by atoms with Gasteiger partial charge in [0.15, 0.2) is 0 Å². The normalized spacial score (nSPS) is 23.5. The fraction of sp³-hybridized carbons (Fsp3) is 0.462. The minimum atomic E-state index is -0.283. The third-order valence-electron chi connectivity index (χ3n) is 2.74. The molecule has 0 spiro atoms. The number of hydrogen-bond donors (Lipinski definition) is 0. The number of benzene rings is 1. The summed E-state index contributed by atoms with van der Waals surface area (Å²) in [5.41, 5.74) is 0.932. The van der Waals surface area contributed by atoms with Gasteiger partial charge in [0.2, 0.25) is 0 Å². The van der Waals surface area contributed by atoms with E-state index in [9.17, 15) is 4.39 Å². The molecule has 0 N–H and O–H groups in total. The van der Waals surface area contributed by atoms with E-state index in [0.717, 1.165) is 18.4 Å². The first-order valence-corrected chi connectivity index (χ1v) is 5.65. The van der Waals surface area contributed by atoms with Crippen molar-refractivity contribution in [2.45, 2.75) is 31.7 Å². The number of ether oxygens (including phenoxy) is 2. The second kappa shape index (κ2) is 5.76. The molecule has 1 aromatic rings. The van der Waals surface area contributed by atoms with Gasteiger partial charge in [0, 0.05) is 0 Å². The Morgan fingerprint density at radius 2 is 2.12 bits per heavy atom. The summed E-state index contributed by atoms with van der Waals surface area (Å²) in [5.74, 6) is -0.246. The first-order valence-electron chi connectivity index (χ1n) is 5.65. The monoisotopic (exact) mass is 235 g/mol. The molecule has 1 aliphatic heterocycles. The van der Waals surface area contributed by atoms with Gasteiger partial charge in [-0.2, -0.15) is 5.26 Å². The summed E-state index contributed by atoms with van der Waals surface area (Å²) in [6.45, 7) is 0.924. The van der Waals surface area contributed by atoms with Crippen molar-refractivity contribution in [2.75, 3.05) is 6.61 Å². The van der Waals surface area contributed by atoms with Crippen molar-refractivity contribution < 1.29 is 13.9 Å². The SMILES string of the molecule is N#C[C@H]1CC[C@@H](COCc2ccc(F)cc2)O1. The minimum absolute atomic E-state index is 0.0140. The maximum atomic E-state index is 12.6. The van der Waals surface area contributed by atoms with Crippen LogP contribution in [0.2, 0.25) is 0 Å². The average Bonchev–Trinajstić information content (AvgIpc) is 2.80. The summed E-state index contributed by atoms with van der Waals surface area (Å²) in [4.78, 5) is 0. The predicted molar refractivity (Wildman–Crippen MR) is 59.6 cm³/mol. The summed E-state index contributed by atoms with van der Waals surface area (Å²) in [7, 11) is 0. The highest BCUT2D eigenvalue weighted by Gasteiger charge is 2.24. The molecule has 90 valence electrons. The molecular formula is C13H14FNO2. The van der Waals surface area contributed by atoms with E-state index in [2.05, 4.69) is 6.07 Å². The summed E-state index contributed by atoms with van der Waals surface area (Å²) >= 11 is 0. The van der Waals surface area contributed by atoms with Crippen LogP contribution in [0.4, 0.5) is 4.39 Å². The molecule has 1 aromatic carbocycles. The molecule has 0 aliphatic carbocycles. The van der Waals surface area contributed by atoms with Crippen LogP contribution in [0, 0.1) is 17.1 Å². The lowest BCUT2D eigenvalue weighted by molar-refractivity contribution is -0.00502. The van der Waals surface area contributed by atoms with Crippen molar-refractivity contribution in [1.82, 2.24) is 0 Å². The van der Waals surface area contributed by atoms with E-state index in [1.54, 1.807) is 12.1 Å². The summed E-state index contributed by atoms with van der Waals surface area (Å²) in [5, 5.41) is 8.66. The molecule has 0 unspecified atom stereocenters.